The van der Waals surface area contributed by atoms with Crippen molar-refractivity contribution in [1.29, 1.82) is 0 Å². The third kappa shape index (κ3) is 8.70. The zero-order valence-electron chi connectivity index (χ0n) is 33.7. The molecule has 0 fully saturated rings. The summed E-state index contributed by atoms with van der Waals surface area (Å²) in [5, 5.41) is -0.175. The first-order chi connectivity index (χ1) is 25.4. The monoisotopic (exact) mass is 674 g/mol. The fraction of sp³-hybridized carbons (Fsp3) is 0.361. The van der Waals surface area contributed by atoms with E-state index in [1.807, 2.05) is 0 Å². The largest absolute Gasteiger partial charge is 0.416 e. The number of amides is 1. The van der Waals surface area contributed by atoms with Crippen LogP contribution in [0.15, 0.2) is 82.7 Å². The molecular formula is C36H38F4N4O2S. The first-order valence-electron chi connectivity index (χ1n) is 18.8. The molecule has 5 rings (SSSR count). The number of carbonyl (C=O) groups is 1. The van der Waals surface area contributed by atoms with Crippen LogP contribution in [0.3, 0.4) is 0 Å². The molecule has 4 aromatic rings. The van der Waals surface area contributed by atoms with Crippen LogP contribution in [0.25, 0.3) is 11.1 Å². The van der Waals surface area contributed by atoms with Gasteiger partial charge in [-0.25, -0.2) is 4.39 Å². The first kappa shape index (κ1) is 25.1. The lowest BCUT2D eigenvalue weighted by molar-refractivity contribution is -0.137. The van der Waals surface area contributed by atoms with Gasteiger partial charge >= 0.3 is 6.18 Å². The molecule has 0 saturated heterocycles. The van der Waals surface area contributed by atoms with Gasteiger partial charge in [-0.05, 0) is 78.8 Å². The van der Waals surface area contributed by atoms with Crippen molar-refractivity contribution in [3.63, 3.8) is 0 Å². The van der Waals surface area contributed by atoms with E-state index in [0.29, 0.717) is 53.4 Å². The molecule has 3 aromatic carbocycles. The second-order valence-corrected chi connectivity index (χ2v) is 11.5. The molecule has 0 unspecified atom stereocenters. The lowest BCUT2D eigenvalue weighted by Gasteiger charge is -2.28. The quantitative estimate of drug-likeness (QED) is 0.0852. The third-order valence-corrected chi connectivity index (χ3v) is 8.51. The minimum atomic E-state index is -4.53. The van der Waals surface area contributed by atoms with Crippen LogP contribution >= 0.6 is 11.8 Å². The summed E-state index contributed by atoms with van der Waals surface area (Å²) in [6.45, 7) is -6.46. The van der Waals surface area contributed by atoms with Gasteiger partial charge in [0.05, 0.1) is 8.30 Å². The number of thioether (sulfide) groups is 1. The number of rotatable bonds is 13. The minimum Gasteiger partial charge on any atom is -0.336 e. The molecule has 0 atom stereocenters. The van der Waals surface area contributed by atoms with Gasteiger partial charge in [0.15, 0.2) is 5.16 Å². The van der Waals surface area contributed by atoms with Crippen molar-refractivity contribution in [2.24, 2.45) is 0 Å². The van der Waals surface area contributed by atoms with E-state index in [1.54, 1.807) is 0 Å². The summed E-state index contributed by atoms with van der Waals surface area (Å²) < 4.78 is 123. The van der Waals surface area contributed by atoms with Crippen LogP contribution in [0.1, 0.15) is 59.2 Å². The third-order valence-electron chi connectivity index (χ3n) is 7.68. The normalized spacial score (nSPS) is 16.6. The second-order valence-electron chi connectivity index (χ2n) is 10.7. The smallest absolute Gasteiger partial charge is 0.336 e. The van der Waals surface area contributed by atoms with E-state index >= 15 is 0 Å². The van der Waals surface area contributed by atoms with Gasteiger partial charge in [0.25, 0.3) is 5.56 Å². The highest BCUT2D eigenvalue weighted by Gasteiger charge is 2.30. The van der Waals surface area contributed by atoms with Crippen LogP contribution in [-0.2, 0) is 42.6 Å². The molecule has 6 nitrogen and oxygen atoms in total. The Morgan fingerprint density at radius 3 is 2.15 bits per heavy atom. The van der Waals surface area contributed by atoms with Crippen LogP contribution in [0, 0.1) is 5.82 Å². The molecule has 1 amide bonds. The van der Waals surface area contributed by atoms with Crippen molar-refractivity contribution in [1.82, 2.24) is 19.4 Å². The van der Waals surface area contributed by atoms with Crippen LogP contribution in [0.2, 0.25) is 0 Å². The number of fused-ring (bicyclic) bond motifs is 1. The average molecular weight is 675 g/mol. The van der Waals surface area contributed by atoms with Crippen LogP contribution < -0.4 is 5.56 Å². The molecule has 1 aliphatic rings. The van der Waals surface area contributed by atoms with E-state index in [9.17, 15) is 29.9 Å². The van der Waals surface area contributed by atoms with Crippen molar-refractivity contribution in [2.45, 2.75) is 63.2 Å². The SMILES string of the molecule is [2H]C([2H])(Sc1nc(=O)c2c(n1CC(=O)N(CCN(C([2H])([2H])C)C([2H])([2H])C)C([2H])([2H])c1ccc(-c3ccc(C(F)(F)F)cc3)cc1)CCC2)c1ccc(F)cc1. The maximum Gasteiger partial charge on any atom is 0.416 e. The molecule has 0 N–H and O–H groups in total. The molecule has 0 spiro atoms. The second kappa shape index (κ2) is 15.3. The molecule has 0 bridgehead atoms. The lowest BCUT2D eigenvalue weighted by Crippen LogP contribution is -2.40. The zero-order chi connectivity index (χ0) is 40.7. The highest BCUT2D eigenvalue weighted by Crippen LogP contribution is 2.31. The molecule has 248 valence electrons. The number of alkyl halides is 3. The number of benzene rings is 3. The predicted molar refractivity (Wildman–Crippen MR) is 177 cm³/mol. The Kier molecular flexibility index (Phi) is 8.17. The van der Waals surface area contributed by atoms with E-state index in [4.69, 9.17) is 8.22 Å². The summed E-state index contributed by atoms with van der Waals surface area (Å²) in [5.41, 5.74) is -2.04. The molecule has 0 radical (unpaired) electrons. The Bertz CT molecular complexity index is 2060. The number of carbonyl (C=O) groups excluding carboxylic acids is 1. The molecule has 1 aliphatic carbocycles. The topological polar surface area (TPSA) is 58.4 Å². The van der Waals surface area contributed by atoms with E-state index < -0.39 is 73.9 Å². The predicted octanol–water partition coefficient (Wildman–Crippen LogP) is 7.22. The zero-order valence-corrected chi connectivity index (χ0v) is 26.5. The fourth-order valence-corrected chi connectivity index (χ4v) is 5.95. The first-order valence-corrected chi connectivity index (χ1v) is 15.7. The maximum atomic E-state index is 14.5. The van der Waals surface area contributed by atoms with Gasteiger partial charge < -0.3 is 14.4 Å². The van der Waals surface area contributed by atoms with Crippen LogP contribution in [-0.4, -0.2) is 51.3 Å². The minimum absolute atomic E-state index is 0.0485. The Morgan fingerprint density at radius 2 is 1.53 bits per heavy atom. The van der Waals surface area contributed by atoms with E-state index in [1.165, 1.54) is 53.1 Å². The summed E-state index contributed by atoms with van der Waals surface area (Å²) in [5.74, 6) is -1.47. The highest BCUT2D eigenvalue weighted by molar-refractivity contribution is 7.98. The Labute approximate surface area is 287 Å². The van der Waals surface area contributed by atoms with Crippen molar-refractivity contribution in [3.05, 3.63) is 117 Å². The molecule has 1 heterocycles. The summed E-state index contributed by atoms with van der Waals surface area (Å²) in [7, 11) is 0. The molecular weight excluding hydrogens is 628 g/mol. The molecule has 11 heteroatoms. The van der Waals surface area contributed by atoms with E-state index in [2.05, 4.69) is 4.98 Å². The summed E-state index contributed by atoms with van der Waals surface area (Å²) in [6, 6.07) is 14.7. The number of halogens is 4. The fourth-order valence-electron chi connectivity index (χ4n) is 5.19. The van der Waals surface area contributed by atoms with Crippen molar-refractivity contribution >= 4 is 17.7 Å². The van der Waals surface area contributed by atoms with Gasteiger partial charge in [-0.1, -0.05) is 74.1 Å². The van der Waals surface area contributed by atoms with Crippen LogP contribution in [0.4, 0.5) is 17.6 Å². The summed E-state index contributed by atoms with van der Waals surface area (Å²) in [6.07, 6.45) is -3.29. The van der Waals surface area contributed by atoms with Gasteiger partial charge in [0.1, 0.15) is 12.4 Å². The van der Waals surface area contributed by atoms with Gasteiger partial charge in [0, 0.05) is 44.8 Å². The molecule has 47 heavy (non-hydrogen) atoms. The van der Waals surface area contributed by atoms with Crippen molar-refractivity contribution < 1.29 is 33.3 Å². The van der Waals surface area contributed by atoms with Crippen molar-refractivity contribution in [2.75, 3.05) is 26.1 Å². The van der Waals surface area contributed by atoms with E-state index in [-0.39, 0.29) is 16.3 Å². The number of nitrogens with zero attached hydrogens (tertiary/aromatic N) is 4. The molecule has 1 aromatic heterocycles. The Morgan fingerprint density at radius 1 is 0.915 bits per heavy atom. The van der Waals surface area contributed by atoms with Crippen LogP contribution in [0.5, 0.6) is 0 Å². The molecule has 0 aliphatic heterocycles. The van der Waals surface area contributed by atoms with Gasteiger partial charge in [-0.2, -0.15) is 18.2 Å². The number of aromatic nitrogens is 2. The van der Waals surface area contributed by atoms with Gasteiger partial charge in [0.2, 0.25) is 5.91 Å². The Hall–Kier alpha value is -3.96. The number of likely N-dealkylation sites (N-methyl/N-ethyl adjacent to an activating group) is 1. The van der Waals surface area contributed by atoms with Gasteiger partial charge in [-0.3, -0.25) is 9.59 Å². The standard InChI is InChI=1S/C36H38F4N4O2S/c1-3-42(4-2)20-21-43(22-25-8-12-27(13-9-25)28-14-16-29(17-15-28)36(38,39)40)33(45)23-44-32-7-5-6-31(32)34(46)41-35(44)47-24-26-10-18-30(37)19-11-26/h8-19H,3-7,20-24H2,1-2H3/i3D2,4D2,22D2,24D2. The summed E-state index contributed by atoms with van der Waals surface area (Å²) in [4.78, 5) is 33.3. The Balaban J connectivity index is 1.54. The lowest BCUT2D eigenvalue weighted by atomic mass is 10.0. The van der Waals surface area contributed by atoms with Crippen molar-refractivity contribution in [3.8, 4) is 11.1 Å². The van der Waals surface area contributed by atoms with Gasteiger partial charge in [-0.15, -0.1) is 0 Å². The van der Waals surface area contributed by atoms with E-state index in [0.717, 1.165) is 47.9 Å². The summed E-state index contributed by atoms with van der Waals surface area (Å²) >= 11 is 0.524. The molecule has 0 saturated carbocycles. The number of hydrogen-bond acceptors (Lipinski definition) is 5. The maximum absolute atomic E-state index is 14.5. The number of hydrogen-bond donors (Lipinski definition) is 0. The highest BCUT2D eigenvalue weighted by atomic mass is 32.2. The average Bonchev–Trinajstić information content (AvgIpc) is 3.58.